The van der Waals surface area contributed by atoms with Gasteiger partial charge in [0.15, 0.2) is 0 Å². The molecule has 140 valence electrons. The summed E-state index contributed by atoms with van der Waals surface area (Å²) < 4.78 is 26.6. The Bertz CT molecular complexity index is 1290. The van der Waals surface area contributed by atoms with Gasteiger partial charge in [-0.1, -0.05) is 29.3 Å². The predicted molar refractivity (Wildman–Crippen MR) is 98.9 cm³/mol. The molecule has 0 aliphatic rings. The van der Waals surface area contributed by atoms with E-state index in [1.54, 1.807) is 6.92 Å². The van der Waals surface area contributed by atoms with Crippen molar-refractivity contribution >= 4 is 38.5 Å². The van der Waals surface area contributed by atoms with Crippen LogP contribution >= 0.6 is 11.6 Å². The number of aryl methyl sites for hydroxylation is 1. The van der Waals surface area contributed by atoms with Crippen LogP contribution in [0.5, 0.6) is 0 Å². The van der Waals surface area contributed by atoms with E-state index in [1.165, 1.54) is 42.5 Å². The minimum Gasteiger partial charge on any atom is -0.480 e. The maximum atomic E-state index is 12.9. The van der Waals surface area contributed by atoms with Crippen molar-refractivity contribution in [2.45, 2.75) is 18.4 Å². The molecule has 2 aromatic carbocycles. The van der Waals surface area contributed by atoms with Gasteiger partial charge in [0.1, 0.15) is 6.54 Å². The quantitative estimate of drug-likeness (QED) is 0.698. The average molecular weight is 409 g/mol. The number of carbonyl (C=O) groups is 1. The summed E-state index contributed by atoms with van der Waals surface area (Å²) in [5.74, 6) is -1.38. The number of fused-ring (bicyclic) bond motifs is 1. The molecule has 0 saturated heterocycles. The summed E-state index contributed by atoms with van der Waals surface area (Å²) in [5.41, 5.74) is -1.63. The van der Waals surface area contributed by atoms with Gasteiger partial charge in [0, 0.05) is 5.02 Å². The molecule has 0 saturated carbocycles. The Kier molecular flexibility index (Phi) is 4.66. The fourth-order valence-corrected chi connectivity index (χ4v) is 4.11. The van der Waals surface area contributed by atoms with Crippen molar-refractivity contribution in [3.05, 3.63) is 73.9 Å². The monoisotopic (exact) mass is 408 g/mol. The van der Waals surface area contributed by atoms with E-state index >= 15 is 0 Å². The van der Waals surface area contributed by atoms with Crippen LogP contribution in [0, 0.1) is 6.92 Å². The van der Waals surface area contributed by atoms with E-state index in [0.29, 0.717) is 4.57 Å². The van der Waals surface area contributed by atoms with Crippen LogP contribution in [0.15, 0.2) is 56.9 Å². The zero-order valence-electron chi connectivity index (χ0n) is 13.9. The van der Waals surface area contributed by atoms with Gasteiger partial charge in [0.05, 0.1) is 15.8 Å². The van der Waals surface area contributed by atoms with Gasteiger partial charge >= 0.3 is 11.7 Å². The second-order valence-electron chi connectivity index (χ2n) is 5.81. The highest BCUT2D eigenvalue weighted by Gasteiger charge is 2.25. The summed E-state index contributed by atoms with van der Waals surface area (Å²) in [7, 11) is -4.53. The summed E-state index contributed by atoms with van der Waals surface area (Å²) in [6, 6.07) is 9.42. The normalized spacial score (nSPS) is 11.6. The number of carboxylic acids is 1. The van der Waals surface area contributed by atoms with Gasteiger partial charge in [-0.3, -0.25) is 14.2 Å². The standard InChI is InChI=1S/C17H13ClN2O6S/c1-10-2-5-12(6-3-10)27(25,26)20-16(23)13-7-4-11(18)8-14(13)19(17(20)24)9-15(21)22/h2-8H,9H2,1H3,(H,21,22). The highest BCUT2D eigenvalue weighted by Crippen LogP contribution is 2.17. The molecule has 0 radical (unpaired) electrons. The number of aromatic nitrogens is 2. The molecule has 0 bridgehead atoms. The molecule has 0 fully saturated rings. The second kappa shape index (κ2) is 6.67. The number of hydrogen-bond acceptors (Lipinski definition) is 5. The van der Waals surface area contributed by atoms with Crippen LogP contribution in [0.4, 0.5) is 0 Å². The van der Waals surface area contributed by atoms with Crippen LogP contribution in [0.2, 0.25) is 5.02 Å². The largest absolute Gasteiger partial charge is 0.480 e. The number of aliphatic carboxylic acids is 1. The summed E-state index contributed by atoms with van der Waals surface area (Å²) in [6.45, 7) is 0.918. The van der Waals surface area contributed by atoms with Crippen LogP contribution in [-0.4, -0.2) is 28.0 Å². The molecule has 3 rings (SSSR count). The van der Waals surface area contributed by atoms with Crippen molar-refractivity contribution in [1.82, 2.24) is 8.54 Å². The first-order chi connectivity index (χ1) is 12.6. The molecular formula is C17H13ClN2O6S. The lowest BCUT2D eigenvalue weighted by molar-refractivity contribution is -0.137. The molecule has 3 aromatic rings. The maximum absolute atomic E-state index is 12.9. The van der Waals surface area contributed by atoms with Crippen molar-refractivity contribution in [2.75, 3.05) is 0 Å². The fraction of sp³-hybridized carbons (Fsp3) is 0.118. The molecule has 10 heteroatoms. The Morgan fingerprint density at radius 3 is 2.33 bits per heavy atom. The molecule has 0 unspecified atom stereocenters. The smallest absolute Gasteiger partial charge is 0.346 e. The highest BCUT2D eigenvalue weighted by atomic mass is 35.5. The Hall–Kier alpha value is -2.91. The summed E-state index contributed by atoms with van der Waals surface area (Å²) in [6.07, 6.45) is 0. The van der Waals surface area contributed by atoms with Crippen molar-refractivity contribution in [3.63, 3.8) is 0 Å². The Balaban J connectivity index is 2.45. The van der Waals surface area contributed by atoms with E-state index in [9.17, 15) is 22.8 Å². The molecule has 1 aromatic heterocycles. The molecule has 0 atom stereocenters. The van der Waals surface area contributed by atoms with E-state index in [2.05, 4.69) is 0 Å². The van der Waals surface area contributed by atoms with Crippen molar-refractivity contribution in [1.29, 1.82) is 0 Å². The van der Waals surface area contributed by atoms with Gasteiger partial charge in [-0.2, -0.15) is 0 Å². The molecule has 1 N–H and O–H groups in total. The topological polar surface area (TPSA) is 115 Å². The lowest BCUT2D eigenvalue weighted by Crippen LogP contribution is -2.44. The third-order valence-electron chi connectivity index (χ3n) is 3.92. The first kappa shape index (κ1) is 18.9. The van der Waals surface area contributed by atoms with Gasteiger partial charge in [-0.05, 0) is 37.3 Å². The van der Waals surface area contributed by atoms with E-state index < -0.39 is 33.8 Å². The minimum atomic E-state index is -4.53. The van der Waals surface area contributed by atoms with E-state index in [4.69, 9.17) is 16.7 Å². The minimum absolute atomic E-state index is 0.0599. The zero-order chi connectivity index (χ0) is 19.9. The van der Waals surface area contributed by atoms with Crippen molar-refractivity contribution in [3.8, 4) is 0 Å². The highest BCUT2D eigenvalue weighted by molar-refractivity contribution is 7.90. The van der Waals surface area contributed by atoms with E-state index in [-0.39, 0.29) is 24.8 Å². The summed E-state index contributed by atoms with van der Waals surface area (Å²) >= 11 is 5.88. The molecule has 0 aliphatic heterocycles. The number of benzene rings is 2. The Morgan fingerprint density at radius 1 is 1.11 bits per heavy atom. The Labute approximate surface area is 157 Å². The van der Waals surface area contributed by atoms with Crippen molar-refractivity contribution in [2.24, 2.45) is 0 Å². The van der Waals surface area contributed by atoms with E-state index in [0.717, 1.165) is 5.56 Å². The molecule has 8 nitrogen and oxygen atoms in total. The van der Waals surface area contributed by atoms with Crippen LogP contribution in [0.1, 0.15) is 5.56 Å². The number of nitrogens with zero attached hydrogens (tertiary/aromatic N) is 2. The predicted octanol–water partition coefficient (Wildman–Crippen LogP) is 1.45. The van der Waals surface area contributed by atoms with Crippen LogP contribution in [0.25, 0.3) is 10.9 Å². The first-order valence-corrected chi connectivity index (χ1v) is 9.44. The average Bonchev–Trinajstić information content (AvgIpc) is 2.58. The van der Waals surface area contributed by atoms with Gasteiger partial charge in [-0.15, -0.1) is 3.97 Å². The maximum Gasteiger partial charge on any atom is 0.346 e. The Morgan fingerprint density at radius 2 is 1.74 bits per heavy atom. The number of carboxylic acid groups (broad SMARTS) is 1. The third kappa shape index (κ3) is 3.26. The van der Waals surface area contributed by atoms with Crippen LogP contribution < -0.4 is 11.2 Å². The molecule has 0 aliphatic carbocycles. The first-order valence-electron chi connectivity index (χ1n) is 7.62. The number of rotatable bonds is 4. The van der Waals surface area contributed by atoms with E-state index in [1.807, 2.05) is 0 Å². The molecule has 0 spiro atoms. The SMILES string of the molecule is Cc1ccc(S(=O)(=O)n2c(=O)c3ccc(Cl)cc3n(CC(=O)O)c2=O)cc1. The molecule has 1 heterocycles. The van der Waals surface area contributed by atoms with Crippen LogP contribution in [0.3, 0.4) is 0 Å². The lowest BCUT2D eigenvalue weighted by atomic mass is 10.2. The van der Waals surface area contributed by atoms with Crippen LogP contribution in [-0.2, 0) is 21.4 Å². The van der Waals surface area contributed by atoms with Gasteiger partial charge in [0.25, 0.3) is 15.6 Å². The number of hydrogen-bond donors (Lipinski definition) is 1. The number of halogens is 1. The van der Waals surface area contributed by atoms with Crippen molar-refractivity contribution < 1.29 is 18.3 Å². The van der Waals surface area contributed by atoms with Gasteiger partial charge in [-0.25, -0.2) is 13.2 Å². The lowest BCUT2D eigenvalue weighted by Gasteiger charge is -2.13. The summed E-state index contributed by atoms with van der Waals surface area (Å²) in [4.78, 5) is 36.5. The zero-order valence-corrected chi connectivity index (χ0v) is 15.5. The van der Waals surface area contributed by atoms with Gasteiger partial charge in [0.2, 0.25) is 0 Å². The molecule has 0 amide bonds. The van der Waals surface area contributed by atoms with Gasteiger partial charge < -0.3 is 5.11 Å². The molecule has 27 heavy (non-hydrogen) atoms. The second-order valence-corrected chi connectivity index (χ2v) is 8.03. The summed E-state index contributed by atoms with van der Waals surface area (Å²) in [5, 5.41) is 9.12. The third-order valence-corrected chi connectivity index (χ3v) is 5.83. The fourth-order valence-electron chi connectivity index (χ4n) is 2.63. The molecular weight excluding hydrogens is 396 g/mol.